The van der Waals surface area contributed by atoms with E-state index in [0.29, 0.717) is 0 Å². The molecule has 102 heavy (non-hydrogen) atoms. The average molecular weight is 1530 g/mol. The fraction of sp³-hybridized carbons (Fsp3) is 0.424. The third kappa shape index (κ3) is 16.4. The summed E-state index contributed by atoms with van der Waals surface area (Å²) in [5, 5.41) is 131. The van der Waals surface area contributed by atoms with Crippen molar-refractivity contribution in [1.29, 1.82) is 0 Å². The van der Waals surface area contributed by atoms with E-state index < -0.39 is 237 Å². The van der Waals surface area contributed by atoms with Crippen molar-refractivity contribution >= 4 is 87.5 Å². The van der Waals surface area contributed by atoms with E-state index in [4.69, 9.17) is 63.1 Å². The summed E-state index contributed by atoms with van der Waals surface area (Å²) in [6.45, 7) is 5.66. The summed E-state index contributed by atoms with van der Waals surface area (Å²) in [6, 6.07) is -0.679. The molecule has 7 heterocycles. The van der Waals surface area contributed by atoms with Crippen LogP contribution >= 0.6 is 40.2 Å². The van der Waals surface area contributed by atoms with Crippen LogP contribution in [0, 0.1) is 5.92 Å². The lowest BCUT2D eigenvalue weighted by atomic mass is 9.86. The summed E-state index contributed by atoms with van der Waals surface area (Å²) in [6.07, 6.45) is -18.6. The summed E-state index contributed by atoms with van der Waals surface area (Å²) >= 11 is 14.1. The Kier molecular flexibility index (Phi) is 23.9. The van der Waals surface area contributed by atoms with Gasteiger partial charge in [0.15, 0.2) is 29.9 Å². The second-order valence-electron chi connectivity index (χ2n) is 25.7. The molecule has 12 rings (SSSR count). The maximum absolute atomic E-state index is 16.0. The average Bonchev–Trinajstić information content (AvgIpc) is 0.768. The standard InChI is InChI=1S/C66H75Cl2N9O24.BrH/c1-23(2)12-34(71-5)58(88)76-49-51(83)26-7-10-38(32(67)14-26)97-40-16-28-17-41(55(40)101-65-56(54(86)53(85)42(22-78)99-65)100-44-21-66(4,70)57(87)24(3)96-44)98-39-11-8-27(15-33(39)68)52(84)50-63(93)75-48(64(94)95)31-18-29(79)19-37(81)45(31)30-13-25(6-9-36(30)80)46(60(90)77-50)74-61(91)47(28)73-59(89)35(20-43(69)82)72-62(49)92;/h6-11,13-19,23-24,34-35,42,44,46-54,56-57,65,71,78-81,83-87H,12,20-22,70H2,1-5H3,(H2,69,82)(H,72,92)(H,73,89)(H,74,91)(H,75,93)(H,76,88)(H,77,90)(H,94,95);1H. The number of nitrogens with two attached hydrogens (primary N) is 2. The van der Waals surface area contributed by atoms with Crippen LogP contribution in [0.1, 0.15) is 105 Å². The zero-order valence-electron chi connectivity index (χ0n) is 54.7. The van der Waals surface area contributed by atoms with Crippen molar-refractivity contribution in [3.05, 3.63) is 117 Å². The number of amides is 7. The number of aliphatic hydroxyl groups is 6. The molecular weight excluding hydrogens is 1450 g/mol. The lowest BCUT2D eigenvalue weighted by Crippen LogP contribution is -2.64. The first-order valence-corrected chi connectivity index (χ1v) is 32.4. The molecule has 7 amide bonds. The Bertz CT molecular complexity index is 4080. The van der Waals surface area contributed by atoms with Crippen LogP contribution in [0.15, 0.2) is 78.9 Å². The number of primary amides is 1. The second-order valence-corrected chi connectivity index (χ2v) is 26.5. The van der Waals surface area contributed by atoms with Crippen molar-refractivity contribution in [2.75, 3.05) is 13.7 Å². The van der Waals surface area contributed by atoms with Crippen molar-refractivity contribution in [2.24, 2.45) is 17.4 Å². The van der Waals surface area contributed by atoms with Gasteiger partial charge in [-0.2, -0.15) is 0 Å². The van der Waals surface area contributed by atoms with Gasteiger partial charge in [-0.25, -0.2) is 4.79 Å². The largest absolute Gasteiger partial charge is 0.508 e. The molecule has 18 unspecified atom stereocenters. The number of hydrogen-bond donors (Lipinski definition) is 19. The number of ether oxygens (including phenoxy) is 6. The van der Waals surface area contributed by atoms with Gasteiger partial charge in [0.05, 0.1) is 41.3 Å². The lowest BCUT2D eigenvalue weighted by Gasteiger charge is -2.47. The van der Waals surface area contributed by atoms with Crippen LogP contribution in [-0.4, -0.2) is 191 Å². The van der Waals surface area contributed by atoms with Gasteiger partial charge in [0, 0.05) is 34.7 Å². The molecule has 33 nitrogen and oxygen atoms in total. The molecule has 11 bridgehead atoms. The van der Waals surface area contributed by atoms with Gasteiger partial charge in [-0.05, 0) is 110 Å². The van der Waals surface area contributed by atoms with Crippen LogP contribution in [0.4, 0.5) is 0 Å². The third-order valence-corrected chi connectivity index (χ3v) is 18.4. The van der Waals surface area contributed by atoms with Gasteiger partial charge in [-0.15, -0.1) is 17.0 Å². The number of halogens is 3. The van der Waals surface area contributed by atoms with Crippen molar-refractivity contribution in [3.8, 4) is 57.1 Å². The number of aliphatic carboxylic acids is 1. The number of phenols is 3. The van der Waals surface area contributed by atoms with Crippen LogP contribution in [-0.2, 0) is 52.6 Å². The number of aliphatic hydroxyl groups excluding tert-OH is 6. The monoisotopic (exact) mass is 1530 g/mol. The topological polar surface area (TPSA) is 530 Å². The molecule has 7 aliphatic rings. The van der Waals surface area contributed by atoms with Crippen LogP contribution in [0.25, 0.3) is 11.1 Å². The van der Waals surface area contributed by atoms with Crippen LogP contribution < -0.4 is 62.9 Å². The predicted molar refractivity (Wildman–Crippen MR) is 360 cm³/mol. The fourth-order valence-electron chi connectivity index (χ4n) is 12.5. The minimum atomic E-state index is -2.35. The summed E-state index contributed by atoms with van der Waals surface area (Å²) in [4.78, 5) is 117. The molecule has 5 aromatic carbocycles. The molecule has 0 aliphatic carbocycles. The van der Waals surface area contributed by atoms with E-state index in [9.17, 15) is 75.0 Å². The fourth-order valence-corrected chi connectivity index (χ4v) is 12.9. The van der Waals surface area contributed by atoms with Gasteiger partial charge in [-0.1, -0.05) is 55.2 Å². The van der Waals surface area contributed by atoms with Gasteiger partial charge >= 0.3 is 5.97 Å². The Morgan fingerprint density at radius 2 is 1.31 bits per heavy atom. The predicted octanol–water partition coefficient (Wildman–Crippen LogP) is 0.684. The molecule has 0 spiro atoms. The minimum Gasteiger partial charge on any atom is -0.508 e. The summed E-state index contributed by atoms with van der Waals surface area (Å²) in [5.41, 5.74) is 8.00. The van der Waals surface area contributed by atoms with E-state index in [1.54, 1.807) is 0 Å². The van der Waals surface area contributed by atoms with Crippen molar-refractivity contribution in [3.63, 3.8) is 0 Å². The number of benzene rings is 5. The van der Waals surface area contributed by atoms with E-state index in [-0.39, 0.29) is 63.2 Å². The SMILES string of the molecule is Br.CNC(CC(C)C)C(=O)NC1C(=O)NC(CC(N)=O)C(=O)NC2C(=O)NC3C(=O)NC(C(=O)NC(C(=O)O)c4cc(O)cc(O)c4-c4cc3ccc4O)C(O)c3ccc(c(Cl)c3)Oc3cc2cc(c3OC2OC(CO)C(O)C(O)C2OC2CC(C)(N)C(O)C(C)O2)Oc2ccc(cc2Cl)C1O. The third-order valence-electron chi connectivity index (χ3n) is 17.8. The van der Waals surface area contributed by atoms with Crippen LogP contribution in [0.3, 0.4) is 0 Å². The number of phenolic OH excluding ortho intramolecular Hbond substituents is 3. The highest BCUT2D eigenvalue weighted by atomic mass is 79.9. The highest BCUT2D eigenvalue weighted by Gasteiger charge is 2.51. The zero-order chi connectivity index (χ0) is 73.5. The molecule has 21 N–H and O–H groups in total. The molecule has 36 heteroatoms. The molecule has 0 saturated carbocycles. The van der Waals surface area contributed by atoms with Gasteiger partial charge < -0.3 is 128 Å². The van der Waals surface area contributed by atoms with E-state index >= 15 is 14.4 Å². The maximum atomic E-state index is 16.0. The van der Waals surface area contributed by atoms with Gasteiger partial charge in [-0.3, -0.25) is 33.6 Å². The Morgan fingerprint density at radius 1 is 0.716 bits per heavy atom. The number of carboxylic acid groups (broad SMARTS) is 1. The number of carbonyl (C=O) groups is 8. The number of likely N-dealkylation sites (N-methyl/N-ethyl adjacent to an activating group) is 1. The quantitative estimate of drug-likeness (QED) is 0.0771. The molecule has 2 fully saturated rings. The van der Waals surface area contributed by atoms with E-state index in [0.717, 1.165) is 66.7 Å². The first kappa shape index (κ1) is 77.4. The van der Waals surface area contributed by atoms with Gasteiger partial charge in [0.1, 0.15) is 89.5 Å². The van der Waals surface area contributed by atoms with Gasteiger partial charge in [0.2, 0.25) is 53.4 Å². The molecule has 5 aromatic rings. The second kappa shape index (κ2) is 31.5. The minimum absolute atomic E-state index is 0. The number of carboxylic acids is 1. The van der Waals surface area contributed by atoms with Gasteiger partial charge in [0.25, 0.3) is 0 Å². The Labute approximate surface area is 600 Å². The number of hydrogen-bond acceptors (Lipinski definition) is 25. The number of fused-ring (bicyclic) bond motifs is 15. The highest BCUT2D eigenvalue weighted by molar-refractivity contribution is 8.93. The maximum Gasteiger partial charge on any atom is 0.330 e. The molecular formula is C66H76BrCl2N9O24. The number of nitrogens with one attached hydrogen (secondary N) is 7. The molecule has 0 radical (unpaired) electrons. The molecule has 2 saturated heterocycles. The zero-order valence-corrected chi connectivity index (χ0v) is 58.0. The summed E-state index contributed by atoms with van der Waals surface area (Å²) < 4.78 is 38.3. The van der Waals surface area contributed by atoms with Crippen LogP contribution in [0.5, 0.6) is 46.0 Å². The van der Waals surface area contributed by atoms with E-state index in [1.165, 1.54) is 33.0 Å². The normalized spacial score (nSPS) is 29.1. The smallest absolute Gasteiger partial charge is 0.330 e. The van der Waals surface area contributed by atoms with Crippen LogP contribution in [0.2, 0.25) is 10.0 Å². The number of rotatable bonds is 13. The van der Waals surface area contributed by atoms with Crippen molar-refractivity contribution < 1.29 is 118 Å². The van der Waals surface area contributed by atoms with E-state index in [2.05, 4.69) is 37.2 Å². The molecule has 7 aliphatic heterocycles. The first-order valence-electron chi connectivity index (χ1n) is 31.6. The number of aromatic hydroxyl groups is 3. The van der Waals surface area contributed by atoms with E-state index in [1.807, 2.05) is 13.8 Å². The Morgan fingerprint density at radius 3 is 1.89 bits per heavy atom. The van der Waals surface area contributed by atoms with Crippen molar-refractivity contribution in [2.45, 2.75) is 156 Å². The first-order chi connectivity index (χ1) is 47.7. The molecule has 550 valence electrons. The van der Waals surface area contributed by atoms with Crippen molar-refractivity contribution in [1.82, 2.24) is 37.2 Å². The Balaban J connectivity index is 0.0000121. The Hall–Kier alpha value is -8.72. The number of carbonyl (C=O) groups excluding carboxylic acids is 7. The molecule has 18 atom stereocenters. The lowest BCUT2D eigenvalue weighted by molar-refractivity contribution is -0.333. The highest BCUT2D eigenvalue weighted by Crippen LogP contribution is 2.50. The summed E-state index contributed by atoms with van der Waals surface area (Å²) in [7, 11) is 1.47. The molecule has 0 aromatic heterocycles. The summed E-state index contributed by atoms with van der Waals surface area (Å²) in [5.74, 6) is -16.0.